The van der Waals surface area contributed by atoms with Crippen LogP contribution in [0.4, 0.5) is 4.39 Å². The number of hydrogen-bond donors (Lipinski definition) is 0. The molecule has 4 aromatic rings. The Labute approximate surface area is 167 Å². The van der Waals surface area contributed by atoms with Crippen LogP contribution >= 0.6 is 11.6 Å². The fraction of sp³-hybridized carbons (Fsp3) is 0.238. The van der Waals surface area contributed by atoms with Crippen molar-refractivity contribution in [2.24, 2.45) is 0 Å². The summed E-state index contributed by atoms with van der Waals surface area (Å²) >= 11 is 6.30. The van der Waals surface area contributed by atoms with Crippen LogP contribution in [0.1, 0.15) is 32.2 Å². The normalized spacial score (nSPS) is 11.9. The summed E-state index contributed by atoms with van der Waals surface area (Å²) in [5.74, 6) is 0.240. The predicted octanol–water partition coefficient (Wildman–Crippen LogP) is 5.03. The number of fused-ring (bicyclic) bond motifs is 1. The van der Waals surface area contributed by atoms with Gasteiger partial charge in [-0.15, -0.1) is 5.10 Å². The molecule has 0 saturated carbocycles. The standard InChI is InChI=1S/C21H19ClFN5/c1-21(2,3)20-24-17(14-9-5-7-11-16(14)23)18-19(25-20)28(27-26-18)12-13-8-4-6-10-15(13)22/h4-11H,12H2,1-3H3. The van der Waals surface area contributed by atoms with E-state index < -0.39 is 0 Å². The first-order valence-corrected chi connectivity index (χ1v) is 9.32. The second-order valence-electron chi connectivity index (χ2n) is 7.64. The Kier molecular flexibility index (Phi) is 4.59. The second-order valence-corrected chi connectivity index (χ2v) is 8.04. The van der Waals surface area contributed by atoms with Crippen LogP contribution in [0, 0.1) is 5.82 Å². The van der Waals surface area contributed by atoms with E-state index in [2.05, 4.69) is 15.3 Å². The maximum atomic E-state index is 14.5. The summed E-state index contributed by atoms with van der Waals surface area (Å²) in [5.41, 5.74) is 2.42. The van der Waals surface area contributed by atoms with Crippen molar-refractivity contribution in [2.45, 2.75) is 32.7 Å². The molecule has 0 unspecified atom stereocenters. The first kappa shape index (κ1) is 18.5. The molecule has 28 heavy (non-hydrogen) atoms. The molecule has 2 heterocycles. The molecule has 2 aromatic heterocycles. The average molecular weight is 396 g/mol. The Morgan fingerprint density at radius 1 is 1.00 bits per heavy atom. The molecule has 0 aliphatic heterocycles. The lowest BCUT2D eigenvalue weighted by atomic mass is 9.95. The van der Waals surface area contributed by atoms with Crippen molar-refractivity contribution in [3.05, 3.63) is 70.8 Å². The first-order chi connectivity index (χ1) is 13.3. The molecule has 7 heteroatoms. The molecule has 0 spiro atoms. The summed E-state index contributed by atoms with van der Waals surface area (Å²) in [6.07, 6.45) is 0. The second kappa shape index (κ2) is 6.95. The molecule has 0 N–H and O–H groups in total. The maximum Gasteiger partial charge on any atom is 0.182 e. The Bertz CT molecular complexity index is 1160. The molecule has 0 amide bonds. The molecule has 4 rings (SSSR count). The van der Waals surface area contributed by atoms with Crippen LogP contribution in [0.25, 0.3) is 22.4 Å². The molecule has 0 atom stereocenters. The van der Waals surface area contributed by atoms with Gasteiger partial charge in [0.2, 0.25) is 0 Å². The van der Waals surface area contributed by atoms with Gasteiger partial charge < -0.3 is 0 Å². The quantitative estimate of drug-likeness (QED) is 0.488. The molecule has 0 aliphatic rings. The van der Waals surface area contributed by atoms with Crippen LogP contribution in [0.5, 0.6) is 0 Å². The van der Waals surface area contributed by atoms with Gasteiger partial charge in [-0.05, 0) is 23.8 Å². The van der Waals surface area contributed by atoms with E-state index in [1.807, 2.05) is 45.0 Å². The van der Waals surface area contributed by atoms with E-state index in [0.717, 1.165) is 5.56 Å². The van der Waals surface area contributed by atoms with Crippen LogP contribution in [0.15, 0.2) is 48.5 Å². The van der Waals surface area contributed by atoms with Crippen molar-refractivity contribution in [2.75, 3.05) is 0 Å². The lowest BCUT2D eigenvalue weighted by molar-refractivity contribution is 0.545. The maximum absolute atomic E-state index is 14.5. The summed E-state index contributed by atoms with van der Waals surface area (Å²) in [6, 6.07) is 14.1. The molecule has 0 radical (unpaired) electrons. The average Bonchev–Trinajstić information content (AvgIpc) is 3.06. The van der Waals surface area contributed by atoms with Gasteiger partial charge in [0.05, 0.1) is 6.54 Å². The molecule has 0 saturated heterocycles. The minimum atomic E-state index is -0.358. The zero-order valence-corrected chi connectivity index (χ0v) is 16.6. The van der Waals surface area contributed by atoms with Gasteiger partial charge in [-0.1, -0.05) is 67.9 Å². The SMILES string of the molecule is CC(C)(C)c1nc(-c2ccccc2F)c2nnn(Cc3ccccc3Cl)c2n1. The molecule has 2 aromatic carbocycles. The van der Waals surface area contributed by atoms with Crippen LogP contribution in [0.3, 0.4) is 0 Å². The van der Waals surface area contributed by atoms with Crippen LogP contribution in [-0.2, 0) is 12.0 Å². The van der Waals surface area contributed by atoms with Gasteiger partial charge in [-0.25, -0.2) is 19.0 Å². The molecule has 0 fully saturated rings. The van der Waals surface area contributed by atoms with Crippen molar-refractivity contribution in [1.82, 2.24) is 25.0 Å². The van der Waals surface area contributed by atoms with E-state index in [4.69, 9.17) is 16.6 Å². The van der Waals surface area contributed by atoms with E-state index in [1.54, 1.807) is 22.9 Å². The molecular formula is C21H19ClFN5. The number of rotatable bonds is 3. The van der Waals surface area contributed by atoms with Crippen molar-refractivity contribution < 1.29 is 4.39 Å². The van der Waals surface area contributed by atoms with Gasteiger partial charge in [0, 0.05) is 16.0 Å². The highest BCUT2D eigenvalue weighted by molar-refractivity contribution is 6.31. The number of nitrogens with zero attached hydrogens (tertiary/aromatic N) is 5. The van der Waals surface area contributed by atoms with Gasteiger partial charge in [-0.3, -0.25) is 0 Å². The van der Waals surface area contributed by atoms with E-state index in [9.17, 15) is 4.39 Å². The summed E-state index contributed by atoms with van der Waals surface area (Å²) in [7, 11) is 0. The van der Waals surface area contributed by atoms with E-state index in [-0.39, 0.29) is 11.2 Å². The first-order valence-electron chi connectivity index (χ1n) is 8.94. The van der Waals surface area contributed by atoms with E-state index >= 15 is 0 Å². The zero-order valence-electron chi connectivity index (χ0n) is 15.8. The summed E-state index contributed by atoms with van der Waals surface area (Å²) < 4.78 is 16.2. The zero-order chi connectivity index (χ0) is 19.9. The summed E-state index contributed by atoms with van der Waals surface area (Å²) in [5, 5.41) is 9.16. The number of aromatic nitrogens is 5. The molecule has 0 bridgehead atoms. The molecule has 5 nitrogen and oxygen atoms in total. The van der Waals surface area contributed by atoms with Crippen LogP contribution in [0.2, 0.25) is 5.02 Å². The fourth-order valence-corrected chi connectivity index (χ4v) is 3.12. The third-order valence-corrected chi connectivity index (χ3v) is 4.81. The van der Waals surface area contributed by atoms with Gasteiger partial charge in [0.1, 0.15) is 17.3 Å². The number of hydrogen-bond acceptors (Lipinski definition) is 4. The third-order valence-electron chi connectivity index (χ3n) is 4.44. The third kappa shape index (κ3) is 3.36. The number of halogens is 2. The molecule has 142 valence electrons. The Morgan fingerprint density at radius 3 is 2.43 bits per heavy atom. The monoisotopic (exact) mass is 395 g/mol. The van der Waals surface area contributed by atoms with E-state index in [0.29, 0.717) is 39.8 Å². The highest BCUT2D eigenvalue weighted by Crippen LogP contribution is 2.30. The molecular weight excluding hydrogens is 377 g/mol. The Balaban J connectivity index is 1.94. The summed E-state index contributed by atoms with van der Waals surface area (Å²) in [6.45, 7) is 6.46. The van der Waals surface area contributed by atoms with Crippen molar-refractivity contribution in [3.63, 3.8) is 0 Å². The lowest BCUT2D eigenvalue weighted by Gasteiger charge is -2.18. The minimum absolute atomic E-state index is 0.326. The van der Waals surface area contributed by atoms with Gasteiger partial charge >= 0.3 is 0 Å². The molecule has 0 aliphatic carbocycles. The van der Waals surface area contributed by atoms with Gasteiger partial charge in [-0.2, -0.15) is 0 Å². The topological polar surface area (TPSA) is 56.5 Å². The van der Waals surface area contributed by atoms with Crippen molar-refractivity contribution in [1.29, 1.82) is 0 Å². The highest BCUT2D eigenvalue weighted by atomic mass is 35.5. The highest BCUT2D eigenvalue weighted by Gasteiger charge is 2.24. The van der Waals surface area contributed by atoms with Crippen molar-refractivity contribution in [3.8, 4) is 11.3 Å². The van der Waals surface area contributed by atoms with E-state index in [1.165, 1.54) is 6.07 Å². The lowest BCUT2D eigenvalue weighted by Crippen LogP contribution is -2.17. The fourth-order valence-electron chi connectivity index (χ4n) is 2.93. The predicted molar refractivity (Wildman–Crippen MR) is 108 cm³/mol. The Morgan fingerprint density at radius 2 is 1.71 bits per heavy atom. The minimum Gasteiger partial charge on any atom is -0.230 e. The largest absolute Gasteiger partial charge is 0.230 e. The van der Waals surface area contributed by atoms with Crippen LogP contribution in [-0.4, -0.2) is 25.0 Å². The summed E-state index contributed by atoms with van der Waals surface area (Å²) in [4.78, 5) is 9.36. The Hall–Kier alpha value is -2.86. The number of benzene rings is 2. The van der Waals surface area contributed by atoms with Gasteiger partial charge in [0.25, 0.3) is 0 Å². The van der Waals surface area contributed by atoms with Crippen LogP contribution < -0.4 is 0 Å². The van der Waals surface area contributed by atoms with Crippen molar-refractivity contribution >= 4 is 22.8 Å². The van der Waals surface area contributed by atoms with Gasteiger partial charge in [0.15, 0.2) is 11.2 Å². The smallest absolute Gasteiger partial charge is 0.182 e.